The highest BCUT2D eigenvalue weighted by Gasteiger charge is 1.68. The van der Waals surface area contributed by atoms with Gasteiger partial charge in [0.15, 0.2) is 0 Å². The lowest BCUT2D eigenvalue weighted by molar-refractivity contribution is 0.199. The third kappa shape index (κ3) is 5.27. The Morgan fingerprint density at radius 1 is 1.71 bits per heavy atom. The zero-order chi connectivity index (χ0) is 5.54. The van der Waals surface area contributed by atoms with Crippen molar-refractivity contribution in [3.63, 3.8) is 0 Å². The minimum atomic E-state index is 0.576. The van der Waals surface area contributed by atoms with Gasteiger partial charge in [-0.05, 0) is 12.1 Å². The Morgan fingerprint density at radius 3 is 2.86 bits per heavy atom. The number of hydrogen-bond donors (Lipinski definition) is 0. The van der Waals surface area contributed by atoms with Gasteiger partial charge in [0.05, 0.1) is 6.61 Å². The Hall–Kier alpha value is -0.730. The fraction of sp³-hybridized carbons (Fsp3) is 0.750. The van der Waals surface area contributed by atoms with E-state index in [2.05, 4.69) is 21.1 Å². The topological polar surface area (TPSA) is 30.8 Å². The SMILES string of the molecule is CCO/[C]=N\OC. The molecule has 41 valence electrons. The maximum absolute atomic E-state index is 4.53. The zero-order valence-corrected chi connectivity index (χ0v) is 4.47. The molecule has 0 saturated heterocycles. The minimum Gasteiger partial charge on any atom is -0.472 e. The summed E-state index contributed by atoms with van der Waals surface area (Å²) >= 11 is 0. The number of nitrogens with zero attached hydrogens (tertiary/aromatic N) is 1. The van der Waals surface area contributed by atoms with Gasteiger partial charge in [0.25, 0.3) is 0 Å². The van der Waals surface area contributed by atoms with Crippen molar-refractivity contribution in [1.29, 1.82) is 0 Å². The monoisotopic (exact) mass is 102 g/mol. The predicted octanol–water partition coefficient (Wildman–Crippen LogP) is 0.490. The molecule has 0 atom stereocenters. The Kier molecular flexibility index (Phi) is 4.72. The van der Waals surface area contributed by atoms with Gasteiger partial charge in [-0.3, -0.25) is 0 Å². The van der Waals surface area contributed by atoms with Crippen molar-refractivity contribution < 1.29 is 9.57 Å². The van der Waals surface area contributed by atoms with E-state index in [4.69, 9.17) is 0 Å². The van der Waals surface area contributed by atoms with E-state index in [0.717, 1.165) is 0 Å². The second-order valence-electron chi connectivity index (χ2n) is 0.798. The summed E-state index contributed by atoms with van der Waals surface area (Å²) in [6.45, 7) is 2.42. The van der Waals surface area contributed by atoms with Crippen LogP contribution in [-0.4, -0.2) is 20.1 Å². The quantitative estimate of drug-likeness (QED) is 0.295. The Labute approximate surface area is 42.9 Å². The van der Waals surface area contributed by atoms with Gasteiger partial charge in [-0.25, -0.2) is 0 Å². The summed E-state index contributed by atoms with van der Waals surface area (Å²) in [6.07, 6.45) is 2.19. The molecule has 0 rings (SSSR count). The highest BCUT2D eigenvalue weighted by Crippen LogP contribution is 1.66. The molecule has 3 heteroatoms. The molecule has 0 aromatic rings. The van der Waals surface area contributed by atoms with Crippen LogP contribution in [0.3, 0.4) is 0 Å². The van der Waals surface area contributed by atoms with Gasteiger partial charge in [-0.2, -0.15) is 0 Å². The number of ether oxygens (including phenoxy) is 1. The van der Waals surface area contributed by atoms with Crippen LogP contribution in [0.1, 0.15) is 6.92 Å². The average molecular weight is 102 g/mol. The molecule has 7 heavy (non-hydrogen) atoms. The van der Waals surface area contributed by atoms with Gasteiger partial charge in [0, 0.05) is 0 Å². The lowest BCUT2D eigenvalue weighted by atomic mass is 10.9. The molecule has 0 aromatic heterocycles. The first-order valence-corrected chi connectivity index (χ1v) is 2.01. The smallest absolute Gasteiger partial charge is 0.316 e. The van der Waals surface area contributed by atoms with Crippen LogP contribution < -0.4 is 0 Å². The Bertz CT molecular complexity index is 53.7. The Morgan fingerprint density at radius 2 is 2.43 bits per heavy atom. The number of hydrogen-bond acceptors (Lipinski definition) is 3. The van der Waals surface area contributed by atoms with Crippen molar-refractivity contribution in [3.05, 3.63) is 0 Å². The van der Waals surface area contributed by atoms with E-state index in [1.54, 1.807) is 0 Å². The molecule has 1 radical (unpaired) electrons. The van der Waals surface area contributed by atoms with E-state index >= 15 is 0 Å². The maximum Gasteiger partial charge on any atom is 0.316 e. The average Bonchev–Trinajstić information content (AvgIpc) is 1.69. The van der Waals surface area contributed by atoms with E-state index in [0.29, 0.717) is 6.61 Å². The van der Waals surface area contributed by atoms with E-state index in [1.165, 1.54) is 7.11 Å². The summed E-state index contributed by atoms with van der Waals surface area (Å²) in [4.78, 5) is 4.23. The van der Waals surface area contributed by atoms with Crippen LogP contribution in [0, 0.1) is 0 Å². The van der Waals surface area contributed by atoms with E-state index in [-0.39, 0.29) is 0 Å². The van der Waals surface area contributed by atoms with Crippen molar-refractivity contribution in [2.24, 2.45) is 5.16 Å². The second kappa shape index (κ2) is 5.27. The summed E-state index contributed by atoms with van der Waals surface area (Å²) in [5.74, 6) is 0. The lowest BCUT2D eigenvalue weighted by Gasteiger charge is -1.85. The highest BCUT2D eigenvalue weighted by atomic mass is 16.6. The highest BCUT2D eigenvalue weighted by molar-refractivity contribution is 5.44. The zero-order valence-electron chi connectivity index (χ0n) is 4.47. The van der Waals surface area contributed by atoms with Gasteiger partial charge >= 0.3 is 6.40 Å². The Balaban J connectivity index is 2.78. The molecule has 0 bridgehead atoms. The summed E-state index contributed by atoms with van der Waals surface area (Å²) < 4.78 is 4.53. The molecular weight excluding hydrogens is 94.0 g/mol. The standard InChI is InChI=1S/C4H8NO2/c1-3-7-4-5-6-2/h3H2,1-2H3. The van der Waals surface area contributed by atoms with Gasteiger partial charge in [-0.15, -0.1) is 0 Å². The van der Waals surface area contributed by atoms with Crippen LogP contribution in [0.15, 0.2) is 5.16 Å². The second-order valence-corrected chi connectivity index (χ2v) is 0.798. The molecular formula is C4H8NO2. The molecule has 0 aromatic carbocycles. The molecule has 0 aliphatic heterocycles. The van der Waals surface area contributed by atoms with E-state index in [9.17, 15) is 0 Å². The minimum absolute atomic E-state index is 0.576. The normalized spacial score (nSPS) is 9.43. The van der Waals surface area contributed by atoms with Crippen LogP contribution >= 0.6 is 0 Å². The summed E-state index contributed by atoms with van der Waals surface area (Å²) in [5, 5.41) is 3.19. The van der Waals surface area contributed by atoms with Gasteiger partial charge in [-0.1, -0.05) is 0 Å². The molecule has 0 N–H and O–H groups in total. The fourth-order valence-electron chi connectivity index (χ4n) is 0.128. The van der Waals surface area contributed by atoms with Crippen molar-refractivity contribution in [2.45, 2.75) is 6.92 Å². The third-order valence-electron chi connectivity index (χ3n) is 0.337. The van der Waals surface area contributed by atoms with Crippen molar-refractivity contribution in [2.75, 3.05) is 13.7 Å². The molecule has 0 heterocycles. The first-order valence-electron chi connectivity index (χ1n) is 2.01. The molecule has 0 aliphatic rings. The van der Waals surface area contributed by atoms with Gasteiger partial charge in [0.2, 0.25) is 0 Å². The molecule has 0 fully saturated rings. The molecule has 0 amide bonds. The van der Waals surface area contributed by atoms with Crippen molar-refractivity contribution in [3.8, 4) is 0 Å². The van der Waals surface area contributed by atoms with Crippen LogP contribution in [0.2, 0.25) is 0 Å². The van der Waals surface area contributed by atoms with E-state index in [1.807, 2.05) is 6.92 Å². The number of rotatable bonds is 3. The first-order chi connectivity index (χ1) is 3.41. The molecule has 0 unspecified atom stereocenters. The maximum atomic E-state index is 4.53. The van der Waals surface area contributed by atoms with E-state index < -0.39 is 0 Å². The summed E-state index contributed by atoms with van der Waals surface area (Å²) in [6, 6.07) is 0. The van der Waals surface area contributed by atoms with Crippen molar-refractivity contribution >= 4 is 6.40 Å². The van der Waals surface area contributed by atoms with Crippen LogP contribution in [0.25, 0.3) is 0 Å². The molecule has 0 saturated carbocycles. The lowest BCUT2D eigenvalue weighted by Crippen LogP contribution is -1.84. The van der Waals surface area contributed by atoms with Gasteiger partial charge in [0.1, 0.15) is 7.11 Å². The summed E-state index contributed by atoms with van der Waals surface area (Å²) in [5.41, 5.74) is 0. The van der Waals surface area contributed by atoms with Crippen LogP contribution in [-0.2, 0) is 9.57 Å². The third-order valence-corrected chi connectivity index (χ3v) is 0.337. The van der Waals surface area contributed by atoms with Crippen LogP contribution in [0.5, 0.6) is 0 Å². The van der Waals surface area contributed by atoms with Crippen molar-refractivity contribution in [1.82, 2.24) is 0 Å². The predicted molar refractivity (Wildman–Crippen MR) is 26.1 cm³/mol. The largest absolute Gasteiger partial charge is 0.472 e. The molecule has 0 aliphatic carbocycles. The fourth-order valence-corrected chi connectivity index (χ4v) is 0.128. The first kappa shape index (κ1) is 6.27. The van der Waals surface area contributed by atoms with Gasteiger partial charge < -0.3 is 9.57 Å². The molecule has 3 nitrogen and oxygen atoms in total. The van der Waals surface area contributed by atoms with Crippen LogP contribution in [0.4, 0.5) is 0 Å². The molecule has 0 spiro atoms. The summed E-state index contributed by atoms with van der Waals surface area (Å²) in [7, 11) is 1.44.